The number of nitrogens with zero attached hydrogens (tertiary/aromatic N) is 4. The summed E-state index contributed by atoms with van der Waals surface area (Å²) < 4.78 is 5.30. The maximum Gasteiger partial charge on any atom is 0.171 e. The highest BCUT2D eigenvalue weighted by molar-refractivity contribution is 5.61. The normalized spacial score (nSPS) is 25.9. The number of anilines is 2. The first-order valence-corrected chi connectivity index (χ1v) is 8.79. The molecule has 0 spiro atoms. The Balaban J connectivity index is 1.58. The number of benzene rings is 1. The number of hydrogen-bond acceptors (Lipinski definition) is 6. The van der Waals surface area contributed by atoms with E-state index in [9.17, 15) is 0 Å². The SMILES string of the molecule is CNc1nccnc1N1C[C@@H]2CN(C)[C@@H](c3ccc(OC)cc3)[C@@H]2C1. The van der Waals surface area contributed by atoms with E-state index in [1.807, 2.05) is 7.05 Å². The van der Waals surface area contributed by atoms with E-state index in [1.54, 1.807) is 19.5 Å². The van der Waals surface area contributed by atoms with Gasteiger partial charge in [0, 0.05) is 51.0 Å². The van der Waals surface area contributed by atoms with Gasteiger partial charge in [-0.3, -0.25) is 4.90 Å². The zero-order chi connectivity index (χ0) is 17.4. The molecule has 2 fully saturated rings. The summed E-state index contributed by atoms with van der Waals surface area (Å²) >= 11 is 0. The molecule has 2 aliphatic heterocycles. The van der Waals surface area contributed by atoms with Crippen LogP contribution in [0.3, 0.4) is 0 Å². The largest absolute Gasteiger partial charge is 0.497 e. The smallest absolute Gasteiger partial charge is 0.171 e. The van der Waals surface area contributed by atoms with E-state index < -0.39 is 0 Å². The van der Waals surface area contributed by atoms with Crippen molar-refractivity contribution in [3.63, 3.8) is 0 Å². The summed E-state index contributed by atoms with van der Waals surface area (Å²) in [5, 5.41) is 3.16. The van der Waals surface area contributed by atoms with E-state index in [-0.39, 0.29) is 0 Å². The number of ether oxygens (including phenoxy) is 1. The monoisotopic (exact) mass is 339 g/mol. The molecular weight excluding hydrogens is 314 g/mol. The van der Waals surface area contributed by atoms with Crippen LogP contribution < -0.4 is 15.0 Å². The van der Waals surface area contributed by atoms with Crippen LogP contribution in [0.4, 0.5) is 11.6 Å². The number of rotatable bonds is 4. The lowest BCUT2D eigenvalue weighted by Crippen LogP contribution is -2.30. The summed E-state index contributed by atoms with van der Waals surface area (Å²) in [7, 11) is 5.85. The second-order valence-electron chi connectivity index (χ2n) is 6.97. The third-order valence-corrected chi connectivity index (χ3v) is 5.57. The van der Waals surface area contributed by atoms with Gasteiger partial charge in [-0.2, -0.15) is 0 Å². The molecule has 3 atom stereocenters. The first-order valence-electron chi connectivity index (χ1n) is 8.79. The molecule has 2 aromatic rings. The summed E-state index contributed by atoms with van der Waals surface area (Å²) in [6.45, 7) is 3.17. The fraction of sp³-hybridized carbons (Fsp3) is 0.474. The molecule has 4 rings (SSSR count). The van der Waals surface area contributed by atoms with Gasteiger partial charge in [-0.15, -0.1) is 0 Å². The Kier molecular flexibility index (Phi) is 4.21. The molecule has 0 saturated carbocycles. The van der Waals surface area contributed by atoms with E-state index >= 15 is 0 Å². The predicted molar refractivity (Wildman–Crippen MR) is 99.1 cm³/mol. The summed E-state index contributed by atoms with van der Waals surface area (Å²) in [5.74, 6) is 3.99. The molecule has 0 radical (unpaired) electrons. The van der Waals surface area contributed by atoms with Crippen molar-refractivity contribution in [2.75, 3.05) is 51.1 Å². The lowest BCUT2D eigenvalue weighted by molar-refractivity contribution is 0.279. The molecule has 0 aliphatic carbocycles. The highest BCUT2D eigenvalue weighted by Crippen LogP contribution is 2.45. The summed E-state index contributed by atoms with van der Waals surface area (Å²) in [6, 6.07) is 8.96. The van der Waals surface area contributed by atoms with Gasteiger partial charge in [-0.25, -0.2) is 9.97 Å². The van der Waals surface area contributed by atoms with Gasteiger partial charge in [-0.1, -0.05) is 12.1 Å². The number of methoxy groups -OCH3 is 1. The highest BCUT2D eigenvalue weighted by Gasteiger charge is 2.46. The number of fused-ring (bicyclic) bond motifs is 1. The topological polar surface area (TPSA) is 53.5 Å². The molecule has 6 nitrogen and oxygen atoms in total. The van der Waals surface area contributed by atoms with Crippen molar-refractivity contribution in [3.8, 4) is 5.75 Å². The molecule has 1 aromatic heterocycles. The third-order valence-electron chi connectivity index (χ3n) is 5.57. The van der Waals surface area contributed by atoms with Crippen LogP contribution in [0.5, 0.6) is 5.75 Å². The maximum absolute atomic E-state index is 5.30. The molecule has 2 saturated heterocycles. The minimum atomic E-state index is 0.440. The molecule has 6 heteroatoms. The average Bonchev–Trinajstić information content (AvgIpc) is 3.18. The number of nitrogens with one attached hydrogen (secondary N) is 1. The summed E-state index contributed by atoms with van der Waals surface area (Å²) in [5.41, 5.74) is 1.37. The van der Waals surface area contributed by atoms with Crippen LogP contribution in [0.1, 0.15) is 11.6 Å². The molecule has 132 valence electrons. The van der Waals surface area contributed by atoms with Crippen molar-refractivity contribution < 1.29 is 4.74 Å². The minimum Gasteiger partial charge on any atom is -0.497 e. The molecular formula is C19H25N5O. The predicted octanol–water partition coefficient (Wildman–Crippen LogP) is 2.27. The Hall–Kier alpha value is -2.34. The van der Waals surface area contributed by atoms with Crippen LogP contribution in [0, 0.1) is 11.8 Å². The first-order chi connectivity index (χ1) is 12.2. The molecule has 3 heterocycles. The van der Waals surface area contributed by atoms with Gasteiger partial charge in [-0.05, 0) is 30.7 Å². The molecule has 2 aliphatic rings. The van der Waals surface area contributed by atoms with Gasteiger partial charge < -0.3 is 15.0 Å². The van der Waals surface area contributed by atoms with E-state index in [2.05, 4.69) is 56.4 Å². The fourth-order valence-electron chi connectivity index (χ4n) is 4.47. The van der Waals surface area contributed by atoms with Gasteiger partial charge in [0.1, 0.15) is 5.75 Å². The minimum absolute atomic E-state index is 0.440. The summed E-state index contributed by atoms with van der Waals surface area (Å²) in [6.07, 6.45) is 3.51. The van der Waals surface area contributed by atoms with Crippen molar-refractivity contribution in [1.82, 2.24) is 14.9 Å². The standard InChI is InChI=1S/C19H25N5O/c1-20-18-19(22-9-8-21-18)24-11-14-10-23(2)17(16(14)12-24)13-4-6-15(25-3)7-5-13/h4-9,14,16-17H,10-12H2,1-3H3,(H,20,21)/t14-,16+,17-/m0/s1. The van der Waals surface area contributed by atoms with E-state index in [1.165, 1.54) is 5.56 Å². The second kappa shape index (κ2) is 6.52. The average molecular weight is 339 g/mol. The van der Waals surface area contributed by atoms with Crippen molar-refractivity contribution in [1.29, 1.82) is 0 Å². The number of likely N-dealkylation sites (tertiary alicyclic amines) is 1. The molecule has 25 heavy (non-hydrogen) atoms. The lowest BCUT2D eigenvalue weighted by atomic mass is 9.89. The zero-order valence-electron chi connectivity index (χ0n) is 15.0. The van der Waals surface area contributed by atoms with Crippen LogP contribution in [-0.2, 0) is 0 Å². The van der Waals surface area contributed by atoms with Crippen molar-refractivity contribution in [3.05, 3.63) is 42.2 Å². The van der Waals surface area contributed by atoms with Gasteiger partial charge in [0.15, 0.2) is 11.6 Å². The Morgan fingerprint density at radius 2 is 1.84 bits per heavy atom. The van der Waals surface area contributed by atoms with Crippen LogP contribution >= 0.6 is 0 Å². The molecule has 1 N–H and O–H groups in total. The number of aromatic nitrogens is 2. The van der Waals surface area contributed by atoms with Crippen LogP contribution in [0.2, 0.25) is 0 Å². The van der Waals surface area contributed by atoms with Crippen molar-refractivity contribution in [2.24, 2.45) is 11.8 Å². The third kappa shape index (κ3) is 2.80. The van der Waals surface area contributed by atoms with Gasteiger partial charge in [0.2, 0.25) is 0 Å². The van der Waals surface area contributed by atoms with Crippen molar-refractivity contribution in [2.45, 2.75) is 6.04 Å². The van der Waals surface area contributed by atoms with E-state index in [4.69, 9.17) is 4.74 Å². The van der Waals surface area contributed by atoms with Crippen LogP contribution in [-0.4, -0.2) is 55.7 Å². The Morgan fingerprint density at radius 1 is 1.08 bits per heavy atom. The Morgan fingerprint density at radius 3 is 2.56 bits per heavy atom. The molecule has 0 amide bonds. The van der Waals surface area contributed by atoms with Gasteiger partial charge in [0.25, 0.3) is 0 Å². The zero-order valence-corrected chi connectivity index (χ0v) is 15.0. The second-order valence-corrected chi connectivity index (χ2v) is 6.97. The van der Waals surface area contributed by atoms with Crippen molar-refractivity contribution >= 4 is 11.6 Å². The fourth-order valence-corrected chi connectivity index (χ4v) is 4.47. The molecule has 0 bridgehead atoms. The summed E-state index contributed by atoms with van der Waals surface area (Å²) in [4.78, 5) is 13.9. The first kappa shape index (κ1) is 16.1. The number of hydrogen-bond donors (Lipinski definition) is 1. The maximum atomic E-state index is 5.30. The van der Waals surface area contributed by atoms with Crippen LogP contribution in [0.15, 0.2) is 36.7 Å². The highest BCUT2D eigenvalue weighted by atomic mass is 16.5. The lowest BCUT2D eigenvalue weighted by Gasteiger charge is -2.27. The van der Waals surface area contributed by atoms with Crippen LogP contribution in [0.25, 0.3) is 0 Å². The molecule has 0 unspecified atom stereocenters. The van der Waals surface area contributed by atoms with Gasteiger partial charge >= 0.3 is 0 Å². The van der Waals surface area contributed by atoms with E-state index in [0.717, 1.165) is 37.0 Å². The Labute approximate surface area is 148 Å². The Bertz CT molecular complexity index is 735. The molecule has 1 aromatic carbocycles. The quantitative estimate of drug-likeness (QED) is 0.922. The van der Waals surface area contributed by atoms with Gasteiger partial charge in [0.05, 0.1) is 7.11 Å². The van der Waals surface area contributed by atoms with E-state index in [0.29, 0.717) is 17.9 Å².